The molecule has 7 heteroatoms. The van der Waals surface area contributed by atoms with E-state index in [9.17, 15) is 24.6 Å². The number of aliphatic hydroxyl groups excluding tert-OH is 1. The van der Waals surface area contributed by atoms with Gasteiger partial charge in [0.1, 0.15) is 6.10 Å². The molecule has 2 N–H and O–H groups in total. The van der Waals surface area contributed by atoms with E-state index in [4.69, 9.17) is 9.47 Å². The van der Waals surface area contributed by atoms with Crippen LogP contribution in [0.1, 0.15) is 60.3 Å². The average molecular weight is 406 g/mol. The first kappa shape index (κ1) is 20.7. The second-order valence-electron chi connectivity index (χ2n) is 10.1. The van der Waals surface area contributed by atoms with Crippen molar-refractivity contribution in [1.29, 1.82) is 0 Å². The molecule has 1 aliphatic heterocycles. The number of carbonyl (C=O) groups excluding carboxylic acids is 3. The summed E-state index contributed by atoms with van der Waals surface area (Å²) >= 11 is 0. The van der Waals surface area contributed by atoms with Crippen LogP contribution in [0.25, 0.3) is 0 Å². The maximum atomic E-state index is 13.6. The van der Waals surface area contributed by atoms with E-state index in [1.807, 2.05) is 6.92 Å². The van der Waals surface area contributed by atoms with Gasteiger partial charge in [0, 0.05) is 30.3 Å². The number of hydrogen-bond acceptors (Lipinski definition) is 7. The lowest BCUT2D eigenvalue weighted by molar-refractivity contribution is -0.325. The minimum absolute atomic E-state index is 0.0872. The second-order valence-corrected chi connectivity index (χ2v) is 10.1. The largest absolute Gasteiger partial charge is 0.454 e. The van der Waals surface area contributed by atoms with Gasteiger partial charge in [-0.05, 0) is 33.1 Å². The number of allylic oxidation sites excluding steroid dienone is 1. The van der Waals surface area contributed by atoms with Crippen molar-refractivity contribution in [2.45, 2.75) is 83.7 Å². The smallest absolute Gasteiger partial charge is 0.303 e. The van der Waals surface area contributed by atoms with Gasteiger partial charge in [0.05, 0.1) is 23.7 Å². The van der Waals surface area contributed by atoms with Crippen LogP contribution < -0.4 is 0 Å². The molecule has 1 saturated heterocycles. The summed E-state index contributed by atoms with van der Waals surface area (Å²) in [5.41, 5.74) is -3.66. The molecule has 4 rings (SSSR count). The van der Waals surface area contributed by atoms with Gasteiger partial charge >= 0.3 is 5.97 Å². The minimum atomic E-state index is -1.47. The molecule has 0 spiro atoms. The predicted molar refractivity (Wildman–Crippen MR) is 102 cm³/mol. The van der Waals surface area contributed by atoms with Crippen LogP contribution in [0.15, 0.2) is 11.1 Å². The zero-order chi connectivity index (χ0) is 21.6. The van der Waals surface area contributed by atoms with Gasteiger partial charge in [-0.25, -0.2) is 0 Å². The molecule has 0 aromatic carbocycles. The predicted octanol–water partition coefficient (Wildman–Crippen LogP) is 1.48. The molecule has 1 heterocycles. The number of Topliss-reactive ketones (excluding diaryl/α,β-unsaturated/α-hetero) is 2. The van der Waals surface area contributed by atoms with Crippen LogP contribution in [0, 0.1) is 16.7 Å². The minimum Gasteiger partial charge on any atom is -0.454 e. The van der Waals surface area contributed by atoms with Gasteiger partial charge in [0.2, 0.25) is 11.6 Å². The molecule has 29 heavy (non-hydrogen) atoms. The molecular formula is C22H30O7. The lowest BCUT2D eigenvalue weighted by atomic mass is 9.46. The highest BCUT2D eigenvalue weighted by molar-refractivity contribution is 6.46. The van der Waals surface area contributed by atoms with E-state index in [0.29, 0.717) is 18.4 Å². The number of hydrogen-bond donors (Lipinski definition) is 2. The van der Waals surface area contributed by atoms with Crippen molar-refractivity contribution in [3.8, 4) is 0 Å². The Labute approximate surface area is 170 Å². The van der Waals surface area contributed by atoms with Crippen molar-refractivity contribution < 1.29 is 34.1 Å². The lowest BCUT2D eigenvalue weighted by Gasteiger charge is -2.64. The van der Waals surface area contributed by atoms with Crippen molar-refractivity contribution in [1.82, 2.24) is 0 Å². The third-order valence-corrected chi connectivity index (χ3v) is 8.43. The topological polar surface area (TPSA) is 110 Å². The van der Waals surface area contributed by atoms with Gasteiger partial charge in [-0.15, -0.1) is 0 Å². The summed E-state index contributed by atoms with van der Waals surface area (Å²) < 4.78 is 11.4. The third kappa shape index (κ3) is 2.38. The first-order chi connectivity index (χ1) is 13.3. The maximum absolute atomic E-state index is 13.6. The normalized spacial score (nSPS) is 46.1. The van der Waals surface area contributed by atoms with Crippen molar-refractivity contribution in [3.05, 3.63) is 11.1 Å². The number of ether oxygens (including phenoxy) is 2. The summed E-state index contributed by atoms with van der Waals surface area (Å²) in [7, 11) is 0. The molecule has 160 valence electrons. The fourth-order valence-electron chi connectivity index (χ4n) is 6.40. The quantitative estimate of drug-likeness (QED) is 0.501. The van der Waals surface area contributed by atoms with Crippen LogP contribution in [0.5, 0.6) is 0 Å². The summed E-state index contributed by atoms with van der Waals surface area (Å²) in [5.74, 6) is -2.56. The molecule has 7 nitrogen and oxygen atoms in total. The fraction of sp³-hybridized carbons (Fsp3) is 0.773. The Morgan fingerprint density at radius 2 is 1.90 bits per heavy atom. The average Bonchev–Trinajstić information content (AvgIpc) is 2.61. The first-order valence-corrected chi connectivity index (χ1v) is 10.3. The van der Waals surface area contributed by atoms with Gasteiger partial charge in [-0.2, -0.15) is 0 Å². The standard InChI is InChI=1S/C22H30O7/c1-11-6-7-21(27)9-13-20(5,18(26)17(25)16(11)19(21,3)4)14(24)8-15-22(13,10-28-15)29-12(2)23/h13-15,24,27H,6-10H2,1-5H3/t13?,14-,15-,20+,21-,22-/m1/s1. The van der Waals surface area contributed by atoms with Crippen molar-refractivity contribution in [2.75, 3.05) is 6.61 Å². The second kappa shape index (κ2) is 5.99. The van der Waals surface area contributed by atoms with Crippen molar-refractivity contribution in [3.63, 3.8) is 0 Å². The van der Waals surface area contributed by atoms with Crippen LogP contribution in [-0.4, -0.2) is 57.8 Å². The van der Waals surface area contributed by atoms with E-state index in [1.54, 1.807) is 20.8 Å². The zero-order valence-electron chi connectivity index (χ0n) is 17.7. The summed E-state index contributed by atoms with van der Waals surface area (Å²) in [6.07, 6.45) is -0.518. The summed E-state index contributed by atoms with van der Waals surface area (Å²) in [5, 5.41) is 22.8. The van der Waals surface area contributed by atoms with Crippen LogP contribution in [0.2, 0.25) is 0 Å². The summed E-state index contributed by atoms with van der Waals surface area (Å²) in [6, 6.07) is 0. The van der Waals surface area contributed by atoms with E-state index in [1.165, 1.54) is 6.92 Å². The number of aliphatic hydroxyl groups is 2. The molecule has 2 bridgehead atoms. The molecule has 4 aliphatic rings. The molecule has 0 aromatic rings. The van der Waals surface area contributed by atoms with E-state index in [-0.39, 0.29) is 19.4 Å². The molecular weight excluding hydrogens is 376 g/mol. The number of ketones is 2. The molecule has 0 radical (unpaired) electrons. The molecule has 0 amide bonds. The summed E-state index contributed by atoms with van der Waals surface area (Å²) in [6.45, 7) is 8.39. The van der Waals surface area contributed by atoms with Crippen LogP contribution in [-0.2, 0) is 23.9 Å². The molecule has 3 aliphatic carbocycles. The van der Waals surface area contributed by atoms with E-state index in [0.717, 1.165) is 5.57 Å². The SMILES string of the molecule is CC(=O)O[C@@]12CO[C@@H]1C[C@@H](O)[C@@]1(C)C(=O)C(=O)C3=C(C)CC[C@@](O)(CC12)C3(C)C. The Balaban J connectivity index is 1.95. The Hall–Kier alpha value is -1.57. The van der Waals surface area contributed by atoms with Gasteiger partial charge in [-0.3, -0.25) is 14.4 Å². The van der Waals surface area contributed by atoms with Gasteiger partial charge in [-0.1, -0.05) is 19.4 Å². The van der Waals surface area contributed by atoms with Crippen molar-refractivity contribution >= 4 is 17.5 Å². The molecule has 2 saturated carbocycles. The Morgan fingerprint density at radius 3 is 2.45 bits per heavy atom. The maximum Gasteiger partial charge on any atom is 0.303 e. The molecule has 0 aromatic heterocycles. The van der Waals surface area contributed by atoms with Gasteiger partial charge < -0.3 is 19.7 Å². The molecule has 3 fully saturated rings. The van der Waals surface area contributed by atoms with E-state index >= 15 is 0 Å². The molecule has 6 atom stereocenters. The highest BCUT2D eigenvalue weighted by atomic mass is 16.6. The Morgan fingerprint density at radius 1 is 1.24 bits per heavy atom. The lowest BCUT2D eigenvalue weighted by Crippen LogP contribution is -2.77. The van der Waals surface area contributed by atoms with E-state index < -0.39 is 57.7 Å². The van der Waals surface area contributed by atoms with Gasteiger partial charge in [0.25, 0.3) is 0 Å². The highest BCUT2D eigenvalue weighted by Crippen LogP contribution is 2.62. The number of fused-ring (bicyclic) bond motifs is 5. The van der Waals surface area contributed by atoms with Crippen molar-refractivity contribution in [2.24, 2.45) is 16.7 Å². The fourth-order valence-corrected chi connectivity index (χ4v) is 6.40. The van der Waals surface area contributed by atoms with Crippen LogP contribution in [0.3, 0.4) is 0 Å². The first-order valence-electron chi connectivity index (χ1n) is 10.3. The Bertz CT molecular complexity index is 842. The van der Waals surface area contributed by atoms with Gasteiger partial charge in [0.15, 0.2) is 5.60 Å². The third-order valence-electron chi connectivity index (χ3n) is 8.43. The van der Waals surface area contributed by atoms with E-state index in [2.05, 4.69) is 0 Å². The monoisotopic (exact) mass is 406 g/mol. The summed E-state index contributed by atoms with van der Waals surface area (Å²) in [4.78, 5) is 39.0. The molecule has 1 unspecified atom stereocenters. The zero-order valence-corrected chi connectivity index (χ0v) is 17.7. The number of rotatable bonds is 1. The van der Waals surface area contributed by atoms with Crippen LogP contribution in [0.4, 0.5) is 0 Å². The van der Waals surface area contributed by atoms with Crippen LogP contribution >= 0.6 is 0 Å². The number of carbonyl (C=O) groups is 3. The highest BCUT2D eigenvalue weighted by Gasteiger charge is 2.73. The number of esters is 1. The Kier molecular flexibility index (Phi) is 4.27.